The van der Waals surface area contributed by atoms with Crippen molar-refractivity contribution < 1.29 is 12.8 Å². The fourth-order valence-corrected chi connectivity index (χ4v) is 5.28. The zero-order chi connectivity index (χ0) is 22.6. The van der Waals surface area contributed by atoms with Crippen LogP contribution in [0.5, 0.6) is 0 Å². The topological polar surface area (TPSA) is 99.1 Å². The first kappa shape index (κ1) is 22.3. The molecule has 1 aromatic heterocycles. The molecule has 3 aromatic carbocycles. The highest BCUT2D eigenvalue weighted by atomic mass is 35.5. The summed E-state index contributed by atoms with van der Waals surface area (Å²) in [4.78, 5) is 0.409. The molecule has 4 rings (SSSR count). The van der Waals surface area contributed by atoms with E-state index in [1.54, 1.807) is 12.1 Å². The largest absolute Gasteiger partial charge is 0.417 e. The van der Waals surface area contributed by atoms with E-state index in [1.807, 2.05) is 66.7 Å². The lowest BCUT2D eigenvalue weighted by atomic mass is 10.2. The van der Waals surface area contributed by atoms with Gasteiger partial charge in [0.1, 0.15) is 0 Å². The number of nitrogens with two attached hydrogens (primary N) is 1. The van der Waals surface area contributed by atoms with E-state index < -0.39 is 10.0 Å². The number of benzene rings is 3. The van der Waals surface area contributed by atoms with Crippen LogP contribution in [0.2, 0.25) is 5.02 Å². The molecule has 2 N–H and O–H groups in total. The van der Waals surface area contributed by atoms with Crippen molar-refractivity contribution in [1.29, 1.82) is 0 Å². The minimum Gasteiger partial charge on any atom is -0.417 e. The smallest absolute Gasteiger partial charge is 0.249 e. The van der Waals surface area contributed by atoms with E-state index in [9.17, 15) is 8.42 Å². The predicted molar refractivity (Wildman–Crippen MR) is 127 cm³/mol. The van der Waals surface area contributed by atoms with Crippen LogP contribution in [0, 0.1) is 0 Å². The quantitative estimate of drug-likeness (QED) is 0.348. The molecule has 0 fully saturated rings. The highest BCUT2D eigenvalue weighted by molar-refractivity contribution is 7.99. The molecule has 0 atom stereocenters. The summed E-state index contributed by atoms with van der Waals surface area (Å²) in [5, 5.41) is 13.8. The molecule has 0 unspecified atom stereocenters. The van der Waals surface area contributed by atoms with Crippen molar-refractivity contribution in [3.63, 3.8) is 0 Å². The Labute approximate surface area is 195 Å². The minimum atomic E-state index is -4.01. The maximum absolute atomic E-state index is 12.3. The standard InChI is InChI=1S/C23H18ClN3O3S2/c24-19-14-20(31-15-17-9-5-2-6-10-17)21(32(25,28)29)13-18(19)23-27-26-22(30-23)12-11-16-7-3-1-4-8-16/h1-14H,15H2,(H2,25,28,29)/b12-11+. The van der Waals surface area contributed by atoms with E-state index in [2.05, 4.69) is 10.2 Å². The van der Waals surface area contributed by atoms with Gasteiger partial charge in [-0.3, -0.25) is 0 Å². The van der Waals surface area contributed by atoms with Crippen LogP contribution in [-0.4, -0.2) is 18.6 Å². The van der Waals surface area contributed by atoms with Gasteiger partial charge in [-0.05, 0) is 29.3 Å². The first-order chi connectivity index (χ1) is 15.4. The van der Waals surface area contributed by atoms with Gasteiger partial charge in [0.2, 0.25) is 21.8 Å². The predicted octanol–water partition coefficient (Wildman–Crippen LogP) is 5.50. The Bertz CT molecular complexity index is 1360. The second-order valence-corrected chi connectivity index (χ2v) is 9.74. The molecular formula is C23H18ClN3O3S2. The number of nitrogens with zero attached hydrogens (tertiary/aromatic N) is 2. The van der Waals surface area contributed by atoms with Crippen LogP contribution in [0.1, 0.15) is 17.0 Å². The van der Waals surface area contributed by atoms with Gasteiger partial charge in [-0.25, -0.2) is 13.6 Å². The second kappa shape index (κ2) is 9.70. The molecule has 0 bridgehead atoms. The fourth-order valence-electron chi connectivity index (χ4n) is 2.91. The third kappa shape index (κ3) is 5.46. The first-order valence-electron chi connectivity index (χ1n) is 9.50. The summed E-state index contributed by atoms with van der Waals surface area (Å²) in [7, 11) is -4.01. The number of primary sulfonamides is 1. The van der Waals surface area contributed by atoms with Gasteiger partial charge in [0.05, 0.1) is 15.5 Å². The highest BCUT2D eigenvalue weighted by Crippen LogP contribution is 2.37. The summed E-state index contributed by atoms with van der Waals surface area (Å²) in [6.07, 6.45) is 3.50. The van der Waals surface area contributed by atoms with Gasteiger partial charge in [0, 0.05) is 16.7 Å². The third-order valence-corrected chi connectivity index (χ3v) is 6.99. The lowest BCUT2D eigenvalue weighted by Gasteiger charge is -2.10. The monoisotopic (exact) mass is 483 g/mol. The first-order valence-corrected chi connectivity index (χ1v) is 12.4. The highest BCUT2D eigenvalue weighted by Gasteiger charge is 2.21. The molecule has 6 nitrogen and oxygen atoms in total. The number of halogens is 1. The number of hydrogen-bond acceptors (Lipinski definition) is 6. The lowest BCUT2D eigenvalue weighted by molar-refractivity contribution is 0.557. The van der Waals surface area contributed by atoms with Crippen LogP contribution in [0.25, 0.3) is 23.6 Å². The summed E-state index contributed by atoms with van der Waals surface area (Å²) in [6.45, 7) is 0. The molecule has 0 spiro atoms. The van der Waals surface area contributed by atoms with Gasteiger partial charge in [0.15, 0.2) is 0 Å². The summed E-state index contributed by atoms with van der Waals surface area (Å²) >= 11 is 7.79. The van der Waals surface area contributed by atoms with Gasteiger partial charge >= 0.3 is 0 Å². The summed E-state index contributed by atoms with van der Waals surface area (Å²) < 4.78 is 30.2. The molecule has 0 aliphatic heterocycles. The molecule has 0 aliphatic rings. The van der Waals surface area contributed by atoms with Crippen molar-refractivity contribution >= 4 is 45.5 Å². The lowest BCUT2D eigenvalue weighted by Crippen LogP contribution is -2.13. The Kier molecular flexibility index (Phi) is 6.76. The van der Waals surface area contributed by atoms with E-state index in [4.69, 9.17) is 21.2 Å². The van der Waals surface area contributed by atoms with Crippen LogP contribution in [-0.2, 0) is 15.8 Å². The molecule has 4 aromatic rings. The summed E-state index contributed by atoms with van der Waals surface area (Å²) in [6, 6.07) is 22.3. The third-order valence-electron chi connectivity index (χ3n) is 4.47. The van der Waals surface area contributed by atoms with Gasteiger partial charge in [-0.1, -0.05) is 72.3 Å². The van der Waals surface area contributed by atoms with Crippen molar-refractivity contribution in [2.45, 2.75) is 15.5 Å². The van der Waals surface area contributed by atoms with Crippen molar-refractivity contribution in [3.05, 3.63) is 94.8 Å². The number of hydrogen-bond donors (Lipinski definition) is 1. The van der Waals surface area contributed by atoms with Crippen molar-refractivity contribution in [2.24, 2.45) is 5.14 Å². The molecule has 0 radical (unpaired) electrons. The van der Waals surface area contributed by atoms with E-state index >= 15 is 0 Å². The van der Waals surface area contributed by atoms with Crippen LogP contribution in [0.15, 0.2) is 87.0 Å². The van der Waals surface area contributed by atoms with Gasteiger partial charge < -0.3 is 4.42 Å². The summed E-state index contributed by atoms with van der Waals surface area (Å²) in [5.74, 6) is 0.931. The average Bonchev–Trinajstić information content (AvgIpc) is 3.25. The molecule has 32 heavy (non-hydrogen) atoms. The van der Waals surface area contributed by atoms with E-state index in [-0.39, 0.29) is 21.7 Å². The molecule has 9 heteroatoms. The molecule has 0 amide bonds. The average molecular weight is 484 g/mol. The zero-order valence-electron chi connectivity index (χ0n) is 16.7. The number of aromatic nitrogens is 2. The second-order valence-electron chi connectivity index (χ2n) is 6.79. The Morgan fingerprint density at radius 3 is 2.34 bits per heavy atom. The van der Waals surface area contributed by atoms with Crippen LogP contribution >= 0.6 is 23.4 Å². The number of sulfonamides is 1. The van der Waals surface area contributed by atoms with E-state index in [1.165, 1.54) is 17.8 Å². The number of thioether (sulfide) groups is 1. The molecule has 162 valence electrons. The summed E-state index contributed by atoms with van der Waals surface area (Å²) in [5.41, 5.74) is 2.32. The minimum absolute atomic E-state index is 0.0441. The maximum Gasteiger partial charge on any atom is 0.249 e. The van der Waals surface area contributed by atoms with E-state index in [0.717, 1.165) is 11.1 Å². The SMILES string of the molecule is NS(=O)(=O)c1cc(-c2nnc(/C=C/c3ccccc3)o2)c(Cl)cc1SCc1ccccc1. The van der Waals surface area contributed by atoms with Crippen molar-refractivity contribution in [3.8, 4) is 11.5 Å². The van der Waals surface area contributed by atoms with Gasteiger partial charge in [-0.2, -0.15) is 0 Å². The van der Waals surface area contributed by atoms with Gasteiger partial charge in [0.25, 0.3) is 0 Å². The molecule has 0 saturated carbocycles. The Morgan fingerprint density at radius 2 is 1.66 bits per heavy atom. The maximum atomic E-state index is 12.3. The Hall–Kier alpha value is -2.91. The Morgan fingerprint density at radius 1 is 0.969 bits per heavy atom. The van der Waals surface area contributed by atoms with Crippen molar-refractivity contribution in [2.75, 3.05) is 0 Å². The van der Waals surface area contributed by atoms with Crippen LogP contribution in [0.3, 0.4) is 0 Å². The molecule has 0 aliphatic carbocycles. The van der Waals surface area contributed by atoms with Crippen LogP contribution < -0.4 is 5.14 Å². The molecular weight excluding hydrogens is 466 g/mol. The fraction of sp³-hybridized carbons (Fsp3) is 0.0435. The van der Waals surface area contributed by atoms with E-state index in [0.29, 0.717) is 16.2 Å². The normalized spacial score (nSPS) is 11.8. The van der Waals surface area contributed by atoms with Gasteiger partial charge in [-0.15, -0.1) is 22.0 Å². The number of rotatable bonds is 7. The van der Waals surface area contributed by atoms with Crippen molar-refractivity contribution in [1.82, 2.24) is 10.2 Å². The Balaban J connectivity index is 1.63. The van der Waals surface area contributed by atoms with Crippen LogP contribution in [0.4, 0.5) is 0 Å². The zero-order valence-corrected chi connectivity index (χ0v) is 19.1. The molecule has 0 saturated heterocycles. The molecule has 1 heterocycles.